The van der Waals surface area contributed by atoms with E-state index in [9.17, 15) is 19.8 Å². The molecule has 0 aliphatic carbocycles. The van der Waals surface area contributed by atoms with E-state index in [4.69, 9.17) is 9.97 Å². The minimum Gasteiger partial charge on any atom is -0.481 e. The smallest absolute Gasteiger partial charge is 0.303 e. The molecule has 0 amide bonds. The van der Waals surface area contributed by atoms with Gasteiger partial charge in [0.25, 0.3) is 0 Å². The summed E-state index contributed by atoms with van der Waals surface area (Å²) >= 11 is 3.86. The number of hydrogen-bond acceptors (Lipinski definition) is 6. The SMILES string of the molecule is CC1=C([C@H]2CS2)c2cc3nc(cc4[nH]c(cc5[nH]c(cc1n2)c(C)c5CCC(=O)O)c(CCC(=O)O)c4C)C([C@H]1CS1)=C3C. The summed E-state index contributed by atoms with van der Waals surface area (Å²) in [4.78, 5) is 40.7. The topological polar surface area (TPSA) is 132 Å². The largest absolute Gasteiger partial charge is 0.481 e. The lowest BCUT2D eigenvalue weighted by Crippen LogP contribution is -1.98. The molecule has 4 aliphatic heterocycles. The number of carboxylic acids is 2. The van der Waals surface area contributed by atoms with Crippen molar-refractivity contribution >= 4 is 79.8 Å². The summed E-state index contributed by atoms with van der Waals surface area (Å²) in [5.41, 5.74) is 15.9. The van der Waals surface area contributed by atoms with Gasteiger partial charge in [-0.15, -0.1) is 0 Å². The number of allylic oxidation sites excluding steroid dienone is 2. The maximum atomic E-state index is 11.6. The van der Waals surface area contributed by atoms with Gasteiger partial charge in [-0.1, -0.05) is 0 Å². The Morgan fingerprint density at radius 3 is 1.52 bits per heavy atom. The minimum atomic E-state index is -0.850. The Labute approximate surface area is 263 Å². The van der Waals surface area contributed by atoms with Crippen LogP contribution in [-0.4, -0.2) is 64.1 Å². The maximum Gasteiger partial charge on any atom is 0.303 e. The molecule has 2 atom stereocenters. The number of aryl methyl sites for hydroxylation is 4. The molecule has 0 aromatic carbocycles. The Bertz CT molecular complexity index is 1990. The molecule has 2 saturated heterocycles. The second kappa shape index (κ2) is 11.0. The molecule has 0 saturated carbocycles. The van der Waals surface area contributed by atoms with E-state index in [-0.39, 0.29) is 12.8 Å². The molecule has 3 aromatic heterocycles. The van der Waals surface area contributed by atoms with E-state index in [1.165, 1.54) is 16.7 Å². The molecule has 4 N–H and O–H groups in total. The van der Waals surface area contributed by atoms with Crippen molar-refractivity contribution in [2.75, 3.05) is 11.5 Å². The van der Waals surface area contributed by atoms with Crippen LogP contribution >= 0.6 is 23.5 Å². The number of hydrogen-bond donors (Lipinski definition) is 4. The number of aliphatic carboxylic acids is 2. The average molecular weight is 627 g/mol. The van der Waals surface area contributed by atoms with E-state index in [1.54, 1.807) is 0 Å². The third kappa shape index (κ3) is 5.28. The standard InChI is InChI=1S/C34H34N4O4S2/c1-15-19(5-7-31(39)40)25-12-26-20(6-8-32(41)42)16(2)22(36-26)10-27-34(30-14-44-30)18(4)24(38-27)11-28-33(29-13-43-29)17(3)23(37-28)9-21(15)35-25/h9-12,29-30,35-36H,5-8,13-14H2,1-4H3,(H,39,40)(H,41,42)/t29-,30-/m1/s1. The molecule has 10 heteroatoms. The van der Waals surface area contributed by atoms with Crippen molar-refractivity contribution in [1.82, 2.24) is 19.9 Å². The molecule has 7 rings (SSSR count). The van der Waals surface area contributed by atoms with Gasteiger partial charge in [0.05, 0.1) is 22.8 Å². The highest BCUT2D eigenvalue weighted by Gasteiger charge is 2.36. The summed E-state index contributed by atoms with van der Waals surface area (Å²) < 4.78 is 0. The highest BCUT2D eigenvalue weighted by molar-refractivity contribution is 8.07. The van der Waals surface area contributed by atoms with E-state index in [0.717, 1.165) is 84.2 Å². The molecule has 7 heterocycles. The Kier molecular flexibility index (Phi) is 7.24. The van der Waals surface area contributed by atoms with Crippen molar-refractivity contribution < 1.29 is 19.8 Å². The Morgan fingerprint density at radius 2 is 1.09 bits per heavy atom. The Hall–Kier alpha value is -3.76. The van der Waals surface area contributed by atoms with Gasteiger partial charge in [-0.2, -0.15) is 23.5 Å². The van der Waals surface area contributed by atoms with Crippen LogP contribution in [0, 0.1) is 13.8 Å². The number of carboxylic acid groups (broad SMARTS) is 2. The second-order valence-corrected chi connectivity index (χ2v) is 14.4. The van der Waals surface area contributed by atoms with Crippen LogP contribution in [0.2, 0.25) is 0 Å². The van der Waals surface area contributed by atoms with Gasteiger partial charge in [0, 0.05) is 56.9 Å². The van der Waals surface area contributed by atoms with Crippen LogP contribution < -0.4 is 0 Å². The molecule has 226 valence electrons. The predicted octanol–water partition coefficient (Wildman–Crippen LogP) is 7.06. The summed E-state index contributed by atoms with van der Waals surface area (Å²) in [5.74, 6) is 0.458. The lowest BCUT2D eigenvalue weighted by molar-refractivity contribution is -0.138. The van der Waals surface area contributed by atoms with Crippen LogP contribution in [0.1, 0.15) is 71.7 Å². The van der Waals surface area contributed by atoms with E-state index >= 15 is 0 Å². The van der Waals surface area contributed by atoms with Gasteiger partial charge in [0.15, 0.2) is 0 Å². The highest BCUT2D eigenvalue weighted by atomic mass is 32.2. The first-order valence-electron chi connectivity index (χ1n) is 14.9. The van der Waals surface area contributed by atoms with Gasteiger partial charge in [-0.3, -0.25) is 9.59 Å². The van der Waals surface area contributed by atoms with Crippen molar-refractivity contribution in [2.24, 2.45) is 0 Å². The lowest BCUT2D eigenvalue weighted by Gasteiger charge is -2.02. The number of nitrogens with one attached hydrogen (secondary N) is 2. The van der Waals surface area contributed by atoms with Gasteiger partial charge >= 0.3 is 11.9 Å². The van der Waals surface area contributed by atoms with E-state index < -0.39 is 11.9 Å². The Balaban J connectivity index is 1.58. The van der Waals surface area contributed by atoms with Gasteiger partial charge in [-0.05, 0) is 109 Å². The summed E-state index contributed by atoms with van der Waals surface area (Å²) in [6.07, 6.45) is 0.767. The molecule has 0 radical (unpaired) electrons. The molecular weight excluding hydrogens is 593 g/mol. The van der Waals surface area contributed by atoms with Crippen LogP contribution in [0.25, 0.3) is 44.4 Å². The molecule has 44 heavy (non-hydrogen) atoms. The summed E-state index contributed by atoms with van der Waals surface area (Å²) in [7, 11) is 0. The Morgan fingerprint density at radius 1 is 0.682 bits per heavy atom. The highest BCUT2D eigenvalue weighted by Crippen LogP contribution is 2.49. The quantitative estimate of drug-likeness (QED) is 0.196. The number of fused-ring (bicyclic) bond motifs is 8. The van der Waals surface area contributed by atoms with Crippen molar-refractivity contribution in [2.45, 2.75) is 63.9 Å². The number of nitrogens with zero attached hydrogens (tertiary/aromatic N) is 2. The molecule has 4 aliphatic rings. The molecule has 8 nitrogen and oxygen atoms in total. The number of carbonyl (C=O) groups is 2. The fraction of sp³-hybridized carbons (Fsp3) is 0.353. The average Bonchev–Trinajstić information content (AvgIpc) is 3.88. The van der Waals surface area contributed by atoms with E-state index in [0.29, 0.717) is 23.3 Å². The van der Waals surface area contributed by atoms with Gasteiger partial charge in [-0.25, -0.2) is 9.97 Å². The van der Waals surface area contributed by atoms with E-state index in [1.807, 2.05) is 43.4 Å². The molecule has 2 fully saturated rings. The van der Waals surface area contributed by atoms with Crippen LogP contribution in [-0.2, 0) is 22.4 Å². The molecule has 8 bridgehead atoms. The first-order chi connectivity index (χ1) is 21.1. The monoisotopic (exact) mass is 626 g/mol. The van der Waals surface area contributed by atoms with Gasteiger partial charge < -0.3 is 20.2 Å². The van der Waals surface area contributed by atoms with Crippen LogP contribution in [0.5, 0.6) is 0 Å². The van der Waals surface area contributed by atoms with Gasteiger partial charge in [0.2, 0.25) is 0 Å². The van der Waals surface area contributed by atoms with Crippen molar-refractivity contribution in [3.63, 3.8) is 0 Å². The second-order valence-electron chi connectivity index (χ2n) is 12.0. The third-order valence-corrected chi connectivity index (χ3v) is 10.9. The van der Waals surface area contributed by atoms with Crippen molar-refractivity contribution in [3.05, 3.63) is 69.3 Å². The zero-order valence-corrected chi connectivity index (χ0v) is 26.8. The molecule has 0 unspecified atom stereocenters. The number of H-pyrrole nitrogens is 2. The summed E-state index contributed by atoms with van der Waals surface area (Å²) in [6.45, 7) is 8.35. The first-order valence-corrected chi connectivity index (χ1v) is 17.0. The minimum absolute atomic E-state index is 0.00944. The summed E-state index contributed by atoms with van der Waals surface area (Å²) in [6, 6.07) is 8.36. The molecular formula is C34H34N4O4S2. The lowest BCUT2D eigenvalue weighted by atomic mass is 10.0. The zero-order chi connectivity index (χ0) is 30.9. The zero-order valence-electron chi connectivity index (χ0n) is 25.1. The number of rotatable bonds is 8. The summed E-state index contributed by atoms with van der Waals surface area (Å²) in [5, 5.41) is 19.9. The van der Waals surface area contributed by atoms with E-state index in [2.05, 4.69) is 42.0 Å². The third-order valence-electron chi connectivity index (χ3n) is 9.12. The molecule has 0 spiro atoms. The molecule has 3 aromatic rings. The van der Waals surface area contributed by atoms with Crippen LogP contribution in [0.3, 0.4) is 0 Å². The number of aromatic amines is 2. The first kappa shape index (κ1) is 29.0. The van der Waals surface area contributed by atoms with Gasteiger partial charge in [0.1, 0.15) is 0 Å². The fourth-order valence-corrected chi connectivity index (χ4v) is 7.95. The number of thioether (sulfide) groups is 2. The van der Waals surface area contributed by atoms with Crippen LogP contribution in [0.4, 0.5) is 0 Å². The maximum absolute atomic E-state index is 11.6. The fourth-order valence-electron chi connectivity index (χ4n) is 6.50. The van der Waals surface area contributed by atoms with Crippen LogP contribution in [0.15, 0.2) is 24.3 Å². The van der Waals surface area contributed by atoms with Crippen molar-refractivity contribution in [1.29, 1.82) is 0 Å². The number of aromatic nitrogens is 4. The van der Waals surface area contributed by atoms with Crippen molar-refractivity contribution in [3.8, 4) is 0 Å². The normalized spacial score (nSPS) is 19.1. The predicted molar refractivity (Wildman–Crippen MR) is 180 cm³/mol.